The molecule has 1 aromatic carbocycles. The van der Waals surface area contributed by atoms with Crippen LogP contribution in [-0.4, -0.2) is 29.2 Å². The molecule has 0 bridgehead atoms. The van der Waals surface area contributed by atoms with Gasteiger partial charge in [0.15, 0.2) is 11.5 Å². The number of rotatable bonds is 5. The quantitative estimate of drug-likeness (QED) is 0.735. The fourth-order valence-corrected chi connectivity index (χ4v) is 2.66. The van der Waals surface area contributed by atoms with E-state index in [0.717, 1.165) is 22.3 Å². The Morgan fingerprint density at radius 2 is 1.80 bits per heavy atom. The number of methoxy groups -OCH3 is 2. The van der Waals surface area contributed by atoms with Gasteiger partial charge in [-0.2, -0.15) is 4.98 Å². The van der Waals surface area contributed by atoms with Crippen LogP contribution in [0.2, 0.25) is 0 Å². The Kier molecular flexibility index (Phi) is 4.65. The molecule has 0 aliphatic carbocycles. The summed E-state index contributed by atoms with van der Waals surface area (Å²) in [6.45, 7) is 0. The van der Waals surface area contributed by atoms with Crippen molar-refractivity contribution in [3.63, 3.8) is 0 Å². The van der Waals surface area contributed by atoms with Gasteiger partial charge in [0.2, 0.25) is 5.95 Å². The molecule has 0 atom stereocenters. The average molecular weight is 337 g/mol. The smallest absolute Gasteiger partial charge is 0.221 e. The molecular formula is C18H19N5O2. The predicted octanol–water partition coefficient (Wildman–Crippen LogP) is 2.31. The van der Waals surface area contributed by atoms with Gasteiger partial charge in [-0.1, -0.05) is 0 Å². The van der Waals surface area contributed by atoms with Gasteiger partial charge in [-0.3, -0.25) is 4.98 Å². The van der Waals surface area contributed by atoms with Crippen LogP contribution in [0.3, 0.4) is 0 Å². The highest BCUT2D eigenvalue weighted by molar-refractivity contribution is 5.74. The maximum absolute atomic E-state index is 5.95. The summed E-state index contributed by atoms with van der Waals surface area (Å²) >= 11 is 0. The largest absolute Gasteiger partial charge is 0.493 e. The summed E-state index contributed by atoms with van der Waals surface area (Å²) in [5.74, 6) is 1.83. The van der Waals surface area contributed by atoms with E-state index in [1.54, 1.807) is 32.8 Å². The number of anilines is 2. The number of ether oxygens (including phenoxy) is 2. The van der Waals surface area contributed by atoms with Crippen molar-refractivity contribution in [1.29, 1.82) is 0 Å². The van der Waals surface area contributed by atoms with Crippen LogP contribution in [0, 0.1) is 0 Å². The molecule has 0 spiro atoms. The van der Waals surface area contributed by atoms with Crippen molar-refractivity contribution >= 4 is 11.8 Å². The van der Waals surface area contributed by atoms with Crippen molar-refractivity contribution in [3.8, 4) is 22.6 Å². The second-order valence-corrected chi connectivity index (χ2v) is 5.43. The molecule has 0 aliphatic rings. The maximum Gasteiger partial charge on any atom is 0.221 e. The zero-order valence-corrected chi connectivity index (χ0v) is 14.1. The van der Waals surface area contributed by atoms with E-state index in [-0.39, 0.29) is 5.95 Å². The van der Waals surface area contributed by atoms with Gasteiger partial charge in [-0.05, 0) is 35.4 Å². The number of aromatic nitrogens is 3. The molecule has 0 fully saturated rings. The maximum atomic E-state index is 5.95. The summed E-state index contributed by atoms with van der Waals surface area (Å²) in [7, 11) is 3.23. The van der Waals surface area contributed by atoms with E-state index in [4.69, 9.17) is 20.9 Å². The Balaban J connectivity index is 2.08. The summed E-state index contributed by atoms with van der Waals surface area (Å²) in [6, 6.07) is 7.79. The molecule has 128 valence electrons. The van der Waals surface area contributed by atoms with E-state index in [1.807, 2.05) is 24.3 Å². The minimum atomic E-state index is 0.158. The number of nitrogens with two attached hydrogens (primary N) is 2. The van der Waals surface area contributed by atoms with Crippen LogP contribution >= 0.6 is 0 Å². The van der Waals surface area contributed by atoms with Gasteiger partial charge in [0.25, 0.3) is 0 Å². The van der Waals surface area contributed by atoms with Crippen molar-refractivity contribution in [2.45, 2.75) is 6.42 Å². The Bertz CT molecular complexity index is 884. The predicted molar refractivity (Wildman–Crippen MR) is 96.4 cm³/mol. The summed E-state index contributed by atoms with van der Waals surface area (Å²) in [6.07, 6.45) is 5.66. The Morgan fingerprint density at radius 3 is 2.44 bits per heavy atom. The zero-order valence-electron chi connectivity index (χ0n) is 14.1. The molecule has 7 nitrogen and oxygen atoms in total. The van der Waals surface area contributed by atoms with Crippen LogP contribution in [0.25, 0.3) is 11.1 Å². The number of benzene rings is 1. The van der Waals surface area contributed by atoms with Crippen molar-refractivity contribution in [3.05, 3.63) is 54.0 Å². The molecule has 0 aliphatic heterocycles. The lowest BCUT2D eigenvalue weighted by atomic mass is 9.98. The molecule has 3 aromatic rings. The van der Waals surface area contributed by atoms with E-state index in [1.165, 1.54) is 0 Å². The first-order chi connectivity index (χ1) is 12.1. The first-order valence-electron chi connectivity index (χ1n) is 7.64. The normalized spacial score (nSPS) is 10.5. The van der Waals surface area contributed by atoms with Crippen molar-refractivity contribution in [2.75, 3.05) is 25.7 Å². The number of nitrogens with zero attached hydrogens (tertiary/aromatic N) is 3. The summed E-state index contributed by atoms with van der Waals surface area (Å²) in [4.78, 5) is 12.1. The molecule has 2 heterocycles. The zero-order chi connectivity index (χ0) is 17.8. The van der Waals surface area contributed by atoms with Gasteiger partial charge in [0, 0.05) is 36.1 Å². The highest BCUT2D eigenvalue weighted by atomic mass is 16.5. The molecular weight excluding hydrogens is 318 g/mol. The average Bonchev–Trinajstić information content (AvgIpc) is 2.64. The van der Waals surface area contributed by atoms with Crippen LogP contribution < -0.4 is 20.9 Å². The van der Waals surface area contributed by atoms with Crippen molar-refractivity contribution in [2.24, 2.45) is 0 Å². The lowest BCUT2D eigenvalue weighted by Gasteiger charge is -2.15. The highest BCUT2D eigenvalue weighted by Gasteiger charge is 2.15. The van der Waals surface area contributed by atoms with Gasteiger partial charge in [0.05, 0.1) is 14.2 Å². The van der Waals surface area contributed by atoms with E-state index in [0.29, 0.717) is 23.7 Å². The molecule has 2 aromatic heterocycles. The topological polar surface area (TPSA) is 109 Å². The third-order valence-electron chi connectivity index (χ3n) is 3.84. The standard InChI is InChI=1S/C18H19N5O2/c1-24-15-9-11(7-13-10-22-18(20)23-17(13)19)8-14(16(15)25-2)12-3-5-21-6-4-12/h3-6,8-10H,7H2,1-2H3,(H4,19,20,22,23). The van der Waals surface area contributed by atoms with Crippen LogP contribution in [0.15, 0.2) is 42.9 Å². The van der Waals surface area contributed by atoms with E-state index >= 15 is 0 Å². The van der Waals surface area contributed by atoms with Gasteiger partial charge in [-0.15, -0.1) is 0 Å². The van der Waals surface area contributed by atoms with Crippen molar-refractivity contribution < 1.29 is 9.47 Å². The first-order valence-corrected chi connectivity index (χ1v) is 7.64. The summed E-state index contributed by atoms with van der Waals surface area (Å²) in [5.41, 5.74) is 15.2. The fourth-order valence-electron chi connectivity index (χ4n) is 2.66. The van der Waals surface area contributed by atoms with E-state index < -0.39 is 0 Å². The third kappa shape index (κ3) is 3.45. The number of nitrogen functional groups attached to an aromatic ring is 2. The van der Waals surface area contributed by atoms with Crippen LogP contribution in [0.4, 0.5) is 11.8 Å². The molecule has 0 saturated carbocycles. The Hall–Kier alpha value is -3.35. The molecule has 0 radical (unpaired) electrons. The van der Waals surface area contributed by atoms with Gasteiger partial charge in [-0.25, -0.2) is 4.98 Å². The van der Waals surface area contributed by atoms with Crippen LogP contribution in [-0.2, 0) is 6.42 Å². The molecule has 0 saturated heterocycles. The molecule has 0 amide bonds. The number of pyridine rings is 1. The van der Waals surface area contributed by atoms with Crippen LogP contribution in [0.5, 0.6) is 11.5 Å². The monoisotopic (exact) mass is 337 g/mol. The van der Waals surface area contributed by atoms with Gasteiger partial charge in [0.1, 0.15) is 5.82 Å². The van der Waals surface area contributed by atoms with E-state index in [2.05, 4.69) is 15.0 Å². The van der Waals surface area contributed by atoms with E-state index in [9.17, 15) is 0 Å². The Labute approximate surface area is 145 Å². The van der Waals surface area contributed by atoms with Crippen LogP contribution in [0.1, 0.15) is 11.1 Å². The molecule has 0 unspecified atom stereocenters. The SMILES string of the molecule is COc1cc(Cc2cnc(N)nc2N)cc(-c2ccncc2)c1OC. The molecule has 4 N–H and O–H groups in total. The van der Waals surface area contributed by atoms with Gasteiger partial charge >= 0.3 is 0 Å². The first kappa shape index (κ1) is 16.5. The minimum absolute atomic E-state index is 0.158. The molecule has 7 heteroatoms. The third-order valence-corrected chi connectivity index (χ3v) is 3.84. The molecule has 25 heavy (non-hydrogen) atoms. The fraction of sp³-hybridized carbons (Fsp3) is 0.167. The van der Waals surface area contributed by atoms with Gasteiger partial charge < -0.3 is 20.9 Å². The summed E-state index contributed by atoms with van der Waals surface area (Å²) < 4.78 is 11.1. The lowest BCUT2D eigenvalue weighted by molar-refractivity contribution is 0.356. The lowest BCUT2D eigenvalue weighted by Crippen LogP contribution is -2.04. The van der Waals surface area contributed by atoms with Crippen molar-refractivity contribution in [1.82, 2.24) is 15.0 Å². The number of hydrogen-bond donors (Lipinski definition) is 2. The second-order valence-electron chi connectivity index (χ2n) is 5.43. The highest BCUT2D eigenvalue weighted by Crippen LogP contribution is 2.39. The molecule has 3 rings (SSSR count). The number of hydrogen-bond acceptors (Lipinski definition) is 7. The Morgan fingerprint density at radius 1 is 1.04 bits per heavy atom. The minimum Gasteiger partial charge on any atom is -0.493 e. The second kappa shape index (κ2) is 7.04. The summed E-state index contributed by atoms with van der Waals surface area (Å²) in [5, 5.41) is 0.